The second kappa shape index (κ2) is 7.24. The number of hydrogen-bond acceptors (Lipinski definition) is 3. The maximum absolute atomic E-state index is 12.6. The van der Waals surface area contributed by atoms with E-state index in [1.54, 1.807) is 7.11 Å². The van der Waals surface area contributed by atoms with E-state index in [1.807, 2.05) is 47.4 Å². The first-order valence-electron chi connectivity index (χ1n) is 9.51. The molecule has 0 bridgehead atoms. The van der Waals surface area contributed by atoms with Crippen molar-refractivity contribution in [2.45, 2.75) is 24.9 Å². The van der Waals surface area contributed by atoms with E-state index < -0.39 is 5.60 Å². The van der Waals surface area contributed by atoms with Gasteiger partial charge in [-0.3, -0.25) is 0 Å². The summed E-state index contributed by atoms with van der Waals surface area (Å²) in [7, 11) is 1.62. The van der Waals surface area contributed by atoms with Gasteiger partial charge in [0.25, 0.3) is 0 Å². The van der Waals surface area contributed by atoms with E-state index in [9.17, 15) is 9.90 Å². The van der Waals surface area contributed by atoms with Crippen LogP contribution in [0, 0.1) is 11.8 Å². The Bertz CT molecular complexity index is 777. The first kappa shape index (κ1) is 17.9. The number of amides is 2. The standard InChI is InChI=1S/C22H26N2O3/c1-27-20-9-7-19(8-10-20)23-21(25)24-14-17-12-22(26,13-18(17)15-24)11-16-5-3-2-4-6-16/h2-10,17-18,26H,11-15H2,1H3,(H,23,25)/t17-,18+,22+. The zero-order valence-corrected chi connectivity index (χ0v) is 15.6. The molecule has 0 spiro atoms. The van der Waals surface area contributed by atoms with Crippen LogP contribution in [0.4, 0.5) is 10.5 Å². The minimum Gasteiger partial charge on any atom is -0.497 e. The van der Waals surface area contributed by atoms with Gasteiger partial charge in [0, 0.05) is 25.2 Å². The molecule has 2 aromatic rings. The topological polar surface area (TPSA) is 61.8 Å². The van der Waals surface area contributed by atoms with Crippen molar-refractivity contribution in [1.82, 2.24) is 4.90 Å². The molecule has 1 saturated carbocycles. The van der Waals surface area contributed by atoms with Crippen molar-refractivity contribution in [1.29, 1.82) is 0 Å². The highest BCUT2D eigenvalue weighted by Gasteiger charge is 2.49. The molecule has 1 saturated heterocycles. The summed E-state index contributed by atoms with van der Waals surface area (Å²) in [4.78, 5) is 14.5. The Labute approximate surface area is 160 Å². The van der Waals surface area contributed by atoms with Crippen LogP contribution < -0.4 is 10.1 Å². The highest BCUT2D eigenvalue weighted by Crippen LogP contribution is 2.45. The zero-order valence-electron chi connectivity index (χ0n) is 15.6. The molecule has 2 N–H and O–H groups in total. The van der Waals surface area contributed by atoms with Gasteiger partial charge >= 0.3 is 6.03 Å². The normalized spacial score (nSPS) is 26.7. The number of benzene rings is 2. The number of carbonyl (C=O) groups excluding carboxylic acids is 1. The molecule has 1 aliphatic carbocycles. The van der Waals surface area contributed by atoms with Crippen LogP contribution in [-0.2, 0) is 6.42 Å². The van der Waals surface area contributed by atoms with Crippen molar-refractivity contribution >= 4 is 11.7 Å². The molecule has 1 heterocycles. The fraction of sp³-hybridized carbons (Fsp3) is 0.409. The summed E-state index contributed by atoms with van der Waals surface area (Å²) in [5.74, 6) is 1.52. The third kappa shape index (κ3) is 3.93. The number of nitrogens with zero attached hydrogens (tertiary/aromatic N) is 1. The Balaban J connectivity index is 1.33. The first-order valence-corrected chi connectivity index (χ1v) is 9.51. The number of aliphatic hydroxyl groups is 1. The van der Waals surface area contributed by atoms with Gasteiger partial charge in [-0.1, -0.05) is 30.3 Å². The smallest absolute Gasteiger partial charge is 0.321 e. The van der Waals surface area contributed by atoms with Crippen molar-refractivity contribution in [2.24, 2.45) is 11.8 Å². The van der Waals surface area contributed by atoms with Gasteiger partial charge < -0.3 is 20.1 Å². The van der Waals surface area contributed by atoms with Crippen LogP contribution in [-0.4, -0.2) is 41.8 Å². The number of rotatable bonds is 4. The number of likely N-dealkylation sites (tertiary alicyclic amines) is 1. The molecule has 0 radical (unpaired) electrons. The molecule has 2 amide bonds. The molecule has 2 aliphatic rings. The molecule has 5 nitrogen and oxygen atoms in total. The number of ether oxygens (including phenoxy) is 1. The number of hydrogen-bond donors (Lipinski definition) is 2. The molecular formula is C22H26N2O3. The lowest BCUT2D eigenvalue weighted by atomic mass is 9.91. The molecule has 27 heavy (non-hydrogen) atoms. The Morgan fingerprint density at radius 2 is 1.74 bits per heavy atom. The minimum atomic E-state index is -0.644. The monoisotopic (exact) mass is 366 g/mol. The summed E-state index contributed by atoms with van der Waals surface area (Å²) < 4.78 is 5.14. The van der Waals surface area contributed by atoms with Crippen LogP contribution in [0.15, 0.2) is 54.6 Å². The Morgan fingerprint density at radius 1 is 1.11 bits per heavy atom. The van der Waals surface area contributed by atoms with Gasteiger partial charge in [-0.15, -0.1) is 0 Å². The molecule has 1 aliphatic heterocycles. The second-order valence-corrected chi connectivity index (χ2v) is 7.88. The number of carbonyl (C=O) groups is 1. The van der Waals surface area contributed by atoms with Crippen LogP contribution in [0.1, 0.15) is 18.4 Å². The maximum atomic E-state index is 12.6. The molecule has 4 rings (SSSR count). The molecule has 5 heteroatoms. The maximum Gasteiger partial charge on any atom is 0.321 e. The molecule has 142 valence electrons. The van der Waals surface area contributed by atoms with Crippen LogP contribution in [0.3, 0.4) is 0 Å². The third-order valence-corrected chi connectivity index (χ3v) is 5.87. The molecule has 2 aromatic carbocycles. The van der Waals surface area contributed by atoms with Crippen LogP contribution >= 0.6 is 0 Å². The Morgan fingerprint density at radius 3 is 2.33 bits per heavy atom. The van der Waals surface area contributed by atoms with E-state index in [4.69, 9.17) is 4.74 Å². The quantitative estimate of drug-likeness (QED) is 0.870. The van der Waals surface area contributed by atoms with Crippen LogP contribution in [0.25, 0.3) is 0 Å². The number of fused-ring (bicyclic) bond motifs is 1. The lowest BCUT2D eigenvalue weighted by molar-refractivity contribution is 0.0368. The SMILES string of the molecule is COc1ccc(NC(=O)N2C[C@@H]3C[C@](O)(Cc4ccccc4)C[C@@H]3C2)cc1. The summed E-state index contributed by atoms with van der Waals surface area (Å²) in [6.45, 7) is 1.42. The van der Waals surface area contributed by atoms with Gasteiger partial charge in [-0.25, -0.2) is 4.79 Å². The van der Waals surface area contributed by atoms with E-state index in [1.165, 1.54) is 5.56 Å². The summed E-state index contributed by atoms with van der Waals surface area (Å²) in [5.41, 5.74) is 1.29. The third-order valence-electron chi connectivity index (χ3n) is 5.87. The predicted molar refractivity (Wildman–Crippen MR) is 105 cm³/mol. The molecular weight excluding hydrogens is 340 g/mol. The summed E-state index contributed by atoms with van der Waals surface area (Å²) in [6.07, 6.45) is 2.22. The van der Waals surface area contributed by atoms with E-state index in [0.717, 1.165) is 24.3 Å². The van der Waals surface area contributed by atoms with Crippen molar-refractivity contribution in [3.05, 3.63) is 60.2 Å². The Kier molecular flexibility index (Phi) is 4.79. The van der Waals surface area contributed by atoms with Gasteiger partial charge in [0.15, 0.2) is 0 Å². The average Bonchev–Trinajstić information content (AvgIpc) is 3.18. The van der Waals surface area contributed by atoms with E-state index in [2.05, 4.69) is 17.4 Å². The number of nitrogens with one attached hydrogen (secondary N) is 1. The van der Waals surface area contributed by atoms with Crippen molar-refractivity contribution in [3.63, 3.8) is 0 Å². The van der Waals surface area contributed by atoms with Gasteiger partial charge in [0.1, 0.15) is 5.75 Å². The summed E-state index contributed by atoms with van der Waals surface area (Å²) in [6, 6.07) is 17.4. The number of methoxy groups -OCH3 is 1. The van der Waals surface area contributed by atoms with Crippen molar-refractivity contribution < 1.29 is 14.6 Å². The van der Waals surface area contributed by atoms with E-state index >= 15 is 0 Å². The average molecular weight is 366 g/mol. The largest absolute Gasteiger partial charge is 0.497 e. The fourth-order valence-corrected chi connectivity index (χ4v) is 4.62. The molecule has 0 aromatic heterocycles. The number of urea groups is 1. The Hall–Kier alpha value is -2.53. The van der Waals surface area contributed by atoms with E-state index in [0.29, 0.717) is 31.3 Å². The predicted octanol–water partition coefficient (Wildman–Crippen LogP) is 3.54. The zero-order chi connectivity index (χ0) is 18.9. The molecule has 0 unspecified atom stereocenters. The molecule has 3 atom stereocenters. The minimum absolute atomic E-state index is 0.0684. The highest BCUT2D eigenvalue weighted by atomic mass is 16.5. The van der Waals surface area contributed by atoms with Gasteiger partial charge in [0.05, 0.1) is 12.7 Å². The number of anilines is 1. The van der Waals surface area contributed by atoms with Crippen molar-refractivity contribution in [3.8, 4) is 5.75 Å². The lowest BCUT2D eigenvalue weighted by Gasteiger charge is -2.26. The first-order chi connectivity index (χ1) is 13.0. The fourth-order valence-electron chi connectivity index (χ4n) is 4.62. The van der Waals surface area contributed by atoms with Crippen LogP contribution in [0.2, 0.25) is 0 Å². The summed E-state index contributed by atoms with van der Waals surface area (Å²) in [5, 5.41) is 14.0. The van der Waals surface area contributed by atoms with Gasteiger partial charge in [0.2, 0.25) is 0 Å². The van der Waals surface area contributed by atoms with Crippen molar-refractivity contribution in [2.75, 3.05) is 25.5 Å². The molecule has 2 fully saturated rings. The van der Waals surface area contributed by atoms with Crippen LogP contribution in [0.5, 0.6) is 5.75 Å². The highest BCUT2D eigenvalue weighted by molar-refractivity contribution is 5.89. The van der Waals surface area contributed by atoms with E-state index in [-0.39, 0.29) is 6.03 Å². The second-order valence-electron chi connectivity index (χ2n) is 7.88. The van der Waals surface area contributed by atoms with Gasteiger partial charge in [-0.2, -0.15) is 0 Å². The lowest BCUT2D eigenvalue weighted by Crippen LogP contribution is -2.36. The summed E-state index contributed by atoms with van der Waals surface area (Å²) >= 11 is 0. The van der Waals surface area contributed by atoms with Gasteiger partial charge in [-0.05, 0) is 54.5 Å².